The van der Waals surface area contributed by atoms with E-state index in [1.54, 1.807) is 0 Å². The summed E-state index contributed by atoms with van der Waals surface area (Å²) in [6, 6.07) is 2.58. The van der Waals surface area contributed by atoms with Crippen LogP contribution in [0, 0.1) is 0 Å². The van der Waals surface area contributed by atoms with Crippen molar-refractivity contribution < 1.29 is 59.9 Å². The molecule has 0 radical (unpaired) electrons. The number of carbonyl (C=O) groups is 2. The Kier molecular flexibility index (Phi) is 6.75. The monoisotopic (exact) mass is 264 g/mol. The maximum atomic E-state index is 11.4. The Hall–Kier alpha value is -1.24. The van der Waals surface area contributed by atoms with Crippen LogP contribution in [0.15, 0.2) is 12.1 Å². The van der Waals surface area contributed by atoms with E-state index >= 15 is 0 Å². The zero-order valence-electron chi connectivity index (χ0n) is 11.6. The molecule has 94 valence electrons. The molecule has 0 atom stereocenters. The van der Waals surface area contributed by atoms with Crippen LogP contribution in [0.5, 0.6) is 11.5 Å². The van der Waals surface area contributed by atoms with Gasteiger partial charge >= 0.3 is 41.5 Å². The molecule has 0 aliphatic rings. The van der Waals surface area contributed by atoms with Gasteiger partial charge in [0.1, 0.15) is 11.1 Å². The number of carboxylic acid groups (broad SMARTS) is 1. The molecule has 6 nitrogen and oxygen atoms in total. The van der Waals surface area contributed by atoms with E-state index in [4.69, 9.17) is 14.6 Å². The van der Waals surface area contributed by atoms with Crippen molar-refractivity contribution in [1.29, 1.82) is 0 Å². The van der Waals surface area contributed by atoms with Gasteiger partial charge in [0.2, 0.25) is 0 Å². The number of benzene rings is 1. The molecule has 0 unspecified atom stereocenters. The Labute approximate surface area is 128 Å². The Morgan fingerprint density at radius 2 is 1.50 bits per heavy atom. The smallest absolute Gasteiger partial charge is 1.00 e. The molecule has 0 saturated carbocycles. The molecule has 1 N–H and O–H groups in total. The van der Waals surface area contributed by atoms with Gasteiger partial charge in [-0.05, 0) is 12.1 Å². The molecule has 0 spiro atoms. The summed E-state index contributed by atoms with van der Waals surface area (Å²) in [5, 5.41) is 8.95. The van der Waals surface area contributed by atoms with Crippen molar-refractivity contribution in [2.45, 2.75) is 0 Å². The first-order valence-corrected chi connectivity index (χ1v) is 4.63. The first-order chi connectivity index (χ1) is 8.06. The van der Waals surface area contributed by atoms with Gasteiger partial charge in [-0.2, -0.15) is 0 Å². The number of carboxylic acids is 1. The molecule has 0 aliphatic carbocycles. The fourth-order valence-corrected chi connectivity index (χ4v) is 1.41. The summed E-state index contributed by atoms with van der Waals surface area (Å²) in [4.78, 5) is 22.4. The number of ether oxygens (including phenoxy) is 3. The summed E-state index contributed by atoms with van der Waals surface area (Å²) in [5.41, 5.74) is 0.0221. The van der Waals surface area contributed by atoms with Crippen molar-refractivity contribution in [2.75, 3.05) is 21.3 Å². The number of rotatable bonds is 4. The van der Waals surface area contributed by atoms with Crippen LogP contribution >= 0.6 is 0 Å². The predicted molar refractivity (Wildman–Crippen MR) is 59.0 cm³/mol. The standard InChI is InChI=1S/C11H12O6.Na.H/c1-15-8-6(10(12)13)4-5-7(9(8)16-2)11(14)17-3;;/h4-5H,1-3H3,(H,12,13);;/q;+1;-1. The zero-order valence-corrected chi connectivity index (χ0v) is 12.6. The van der Waals surface area contributed by atoms with E-state index in [9.17, 15) is 9.59 Å². The minimum absolute atomic E-state index is 0. The number of esters is 1. The molecular weight excluding hydrogens is 251 g/mol. The second kappa shape index (κ2) is 7.25. The second-order valence-corrected chi connectivity index (χ2v) is 3.02. The average Bonchev–Trinajstić information content (AvgIpc) is 2.35. The van der Waals surface area contributed by atoms with Crippen LogP contribution < -0.4 is 39.0 Å². The summed E-state index contributed by atoms with van der Waals surface area (Å²) < 4.78 is 14.5. The van der Waals surface area contributed by atoms with Crippen molar-refractivity contribution >= 4 is 11.9 Å². The first-order valence-electron chi connectivity index (χ1n) is 4.63. The molecule has 1 rings (SSSR count). The van der Waals surface area contributed by atoms with E-state index < -0.39 is 11.9 Å². The van der Waals surface area contributed by atoms with Crippen LogP contribution in [-0.2, 0) is 4.74 Å². The van der Waals surface area contributed by atoms with Gasteiger partial charge in [0.25, 0.3) is 0 Å². The minimum atomic E-state index is -1.17. The van der Waals surface area contributed by atoms with E-state index in [0.717, 1.165) is 0 Å². The van der Waals surface area contributed by atoms with E-state index in [-0.39, 0.29) is 53.6 Å². The van der Waals surface area contributed by atoms with Gasteiger partial charge in [0.05, 0.1) is 21.3 Å². The Balaban J connectivity index is 0. The molecule has 0 aromatic heterocycles. The Morgan fingerprint density at radius 1 is 1.06 bits per heavy atom. The largest absolute Gasteiger partial charge is 1.00 e. The van der Waals surface area contributed by atoms with Gasteiger partial charge in [-0.15, -0.1) is 0 Å². The van der Waals surface area contributed by atoms with E-state index in [1.807, 2.05) is 0 Å². The van der Waals surface area contributed by atoms with Crippen LogP contribution in [0.4, 0.5) is 0 Å². The number of aromatic carboxylic acids is 1. The van der Waals surface area contributed by atoms with Gasteiger partial charge in [-0.3, -0.25) is 0 Å². The van der Waals surface area contributed by atoms with Gasteiger partial charge < -0.3 is 20.7 Å². The maximum Gasteiger partial charge on any atom is 1.00 e. The molecule has 1 aromatic carbocycles. The first kappa shape index (κ1) is 16.8. The van der Waals surface area contributed by atoms with Crippen LogP contribution in [0.25, 0.3) is 0 Å². The topological polar surface area (TPSA) is 82.1 Å². The summed E-state index contributed by atoms with van der Waals surface area (Å²) in [6.07, 6.45) is 0. The minimum Gasteiger partial charge on any atom is -1.00 e. The number of methoxy groups -OCH3 is 3. The molecule has 0 saturated heterocycles. The van der Waals surface area contributed by atoms with Gasteiger partial charge in [0.15, 0.2) is 11.5 Å². The van der Waals surface area contributed by atoms with Crippen LogP contribution in [0.1, 0.15) is 22.1 Å². The third-order valence-corrected chi connectivity index (χ3v) is 2.16. The maximum absolute atomic E-state index is 11.4. The third-order valence-electron chi connectivity index (χ3n) is 2.16. The fraction of sp³-hybridized carbons (Fsp3) is 0.273. The van der Waals surface area contributed by atoms with E-state index in [2.05, 4.69) is 4.74 Å². The number of hydrogen-bond acceptors (Lipinski definition) is 5. The molecule has 0 bridgehead atoms. The molecule has 0 fully saturated rings. The van der Waals surface area contributed by atoms with Crippen molar-refractivity contribution in [3.8, 4) is 11.5 Å². The third kappa shape index (κ3) is 3.16. The summed E-state index contributed by atoms with van der Waals surface area (Å²) in [5.74, 6) is -1.77. The fourth-order valence-electron chi connectivity index (χ4n) is 1.41. The molecule has 0 amide bonds. The number of carbonyl (C=O) groups excluding carboxylic acids is 1. The SMILES string of the molecule is COC(=O)c1ccc(C(=O)O)c(OC)c1OC.[H-].[Na+]. The quantitative estimate of drug-likeness (QED) is 0.516. The van der Waals surface area contributed by atoms with E-state index in [0.29, 0.717) is 0 Å². The summed E-state index contributed by atoms with van der Waals surface area (Å²) >= 11 is 0. The average molecular weight is 264 g/mol. The van der Waals surface area contributed by atoms with E-state index in [1.165, 1.54) is 33.5 Å². The Bertz CT molecular complexity index is 463. The van der Waals surface area contributed by atoms with Crippen LogP contribution in [-0.4, -0.2) is 38.4 Å². The predicted octanol–water partition coefficient (Wildman–Crippen LogP) is -1.69. The molecule has 0 aliphatic heterocycles. The summed E-state index contributed by atoms with van der Waals surface area (Å²) in [6.45, 7) is 0. The van der Waals surface area contributed by atoms with Crippen molar-refractivity contribution in [1.82, 2.24) is 0 Å². The zero-order chi connectivity index (χ0) is 13.0. The molecular formula is C11H13NaO6. The van der Waals surface area contributed by atoms with Crippen LogP contribution in [0.2, 0.25) is 0 Å². The van der Waals surface area contributed by atoms with Crippen molar-refractivity contribution in [3.63, 3.8) is 0 Å². The van der Waals surface area contributed by atoms with Gasteiger partial charge in [0, 0.05) is 0 Å². The normalized spacial score (nSPS) is 9.06. The van der Waals surface area contributed by atoms with Crippen molar-refractivity contribution in [2.24, 2.45) is 0 Å². The molecule has 1 aromatic rings. The molecule has 18 heavy (non-hydrogen) atoms. The van der Waals surface area contributed by atoms with Crippen molar-refractivity contribution in [3.05, 3.63) is 23.3 Å². The second-order valence-electron chi connectivity index (χ2n) is 3.02. The Morgan fingerprint density at radius 3 is 1.89 bits per heavy atom. The van der Waals surface area contributed by atoms with Gasteiger partial charge in [-0.1, -0.05) is 0 Å². The molecule has 7 heteroatoms. The van der Waals surface area contributed by atoms with Gasteiger partial charge in [-0.25, -0.2) is 9.59 Å². The number of hydrogen-bond donors (Lipinski definition) is 1. The summed E-state index contributed by atoms with van der Waals surface area (Å²) in [7, 11) is 3.83. The van der Waals surface area contributed by atoms with Crippen LogP contribution in [0.3, 0.4) is 0 Å². The molecule has 0 heterocycles.